The van der Waals surface area contributed by atoms with Crippen LogP contribution in [0.25, 0.3) is 0 Å². The molecule has 1 aromatic rings. The van der Waals surface area contributed by atoms with Crippen LogP contribution in [0.5, 0.6) is 5.75 Å². The molecule has 0 spiro atoms. The van der Waals surface area contributed by atoms with Gasteiger partial charge in [0.15, 0.2) is 5.96 Å². The summed E-state index contributed by atoms with van der Waals surface area (Å²) in [6.07, 6.45) is 2.41. The zero-order valence-electron chi connectivity index (χ0n) is 13.1. The number of halogens is 1. The van der Waals surface area contributed by atoms with Crippen LogP contribution in [0, 0.1) is 5.82 Å². The highest BCUT2D eigenvalue weighted by Gasteiger charge is 2.15. The van der Waals surface area contributed by atoms with E-state index in [0.717, 1.165) is 11.7 Å². The number of aliphatic imine (C=N–C) groups is 1. The average molecular weight is 325 g/mol. The Hall–Kier alpha value is -1.43. The summed E-state index contributed by atoms with van der Waals surface area (Å²) in [6.45, 7) is 2.61. The Balaban J connectivity index is 1.73. The van der Waals surface area contributed by atoms with Crippen LogP contribution >= 0.6 is 11.8 Å². The minimum Gasteiger partial charge on any atom is -0.489 e. The molecule has 0 aromatic heterocycles. The summed E-state index contributed by atoms with van der Waals surface area (Å²) in [5, 5.41) is 6.72. The monoisotopic (exact) mass is 325 g/mol. The number of nitrogens with one attached hydrogen (secondary N) is 2. The first kappa shape index (κ1) is 16.9. The largest absolute Gasteiger partial charge is 0.489 e. The highest BCUT2D eigenvalue weighted by atomic mass is 32.2. The first-order chi connectivity index (χ1) is 10.7. The third kappa shape index (κ3) is 5.75. The van der Waals surface area contributed by atoms with E-state index in [1.165, 1.54) is 30.7 Å². The summed E-state index contributed by atoms with van der Waals surface area (Å²) in [6, 6.07) is 6.56. The smallest absolute Gasteiger partial charge is 0.191 e. The van der Waals surface area contributed by atoms with Crippen molar-refractivity contribution >= 4 is 17.7 Å². The molecule has 1 aromatic carbocycles. The molecule has 1 aliphatic heterocycles. The number of hydrogen-bond acceptors (Lipinski definition) is 3. The van der Waals surface area contributed by atoms with Crippen molar-refractivity contribution in [2.45, 2.75) is 31.9 Å². The molecule has 0 amide bonds. The summed E-state index contributed by atoms with van der Waals surface area (Å²) in [4.78, 5) is 4.25. The molecule has 1 saturated heterocycles. The van der Waals surface area contributed by atoms with Gasteiger partial charge in [-0.3, -0.25) is 4.99 Å². The number of thioether (sulfide) groups is 1. The second-order valence-corrected chi connectivity index (χ2v) is 6.54. The number of guanidine groups is 1. The second kappa shape index (κ2) is 8.88. The van der Waals surface area contributed by atoms with Gasteiger partial charge in [0.1, 0.15) is 17.7 Å². The Labute approximate surface area is 135 Å². The van der Waals surface area contributed by atoms with E-state index in [0.29, 0.717) is 18.3 Å². The van der Waals surface area contributed by atoms with Crippen molar-refractivity contribution < 1.29 is 9.13 Å². The van der Waals surface area contributed by atoms with E-state index < -0.39 is 0 Å². The van der Waals surface area contributed by atoms with Crippen molar-refractivity contribution in [1.82, 2.24) is 10.6 Å². The Morgan fingerprint density at radius 2 is 2.23 bits per heavy atom. The maximum Gasteiger partial charge on any atom is 0.191 e. The first-order valence-corrected chi connectivity index (χ1v) is 8.80. The Bertz CT molecular complexity index is 475. The standard InChI is InChI=1S/C16H24FN3OS/c1-12(21-15-7-5-13(17)6-8-15)10-19-16(18-2)20-14-4-3-9-22-11-14/h5-8,12,14H,3-4,9-11H2,1-2H3,(H2,18,19,20). The molecule has 0 bridgehead atoms. The van der Waals surface area contributed by atoms with Crippen LogP contribution in [0.4, 0.5) is 4.39 Å². The minimum absolute atomic E-state index is 0.0373. The predicted octanol–water partition coefficient (Wildman–Crippen LogP) is 2.65. The van der Waals surface area contributed by atoms with Crippen molar-refractivity contribution in [2.24, 2.45) is 4.99 Å². The normalized spacial score (nSPS) is 20.3. The van der Waals surface area contributed by atoms with Crippen LogP contribution in [-0.4, -0.2) is 43.2 Å². The maximum absolute atomic E-state index is 12.9. The molecule has 1 fully saturated rings. The third-order valence-corrected chi connectivity index (χ3v) is 4.65. The van der Waals surface area contributed by atoms with E-state index >= 15 is 0 Å². The molecular weight excluding hydrogens is 301 g/mol. The van der Waals surface area contributed by atoms with Crippen molar-refractivity contribution in [3.8, 4) is 5.75 Å². The summed E-state index contributed by atoms with van der Waals surface area (Å²) in [7, 11) is 1.77. The minimum atomic E-state index is -0.256. The summed E-state index contributed by atoms with van der Waals surface area (Å²) in [5.74, 6) is 3.60. The van der Waals surface area contributed by atoms with Crippen LogP contribution in [-0.2, 0) is 0 Å². The molecule has 1 heterocycles. The van der Waals surface area contributed by atoms with Gasteiger partial charge in [0.05, 0.1) is 6.54 Å². The second-order valence-electron chi connectivity index (χ2n) is 5.39. The average Bonchev–Trinajstić information content (AvgIpc) is 2.54. The molecule has 2 rings (SSSR count). The van der Waals surface area contributed by atoms with E-state index in [1.807, 2.05) is 18.7 Å². The molecule has 2 N–H and O–H groups in total. The van der Waals surface area contributed by atoms with Crippen LogP contribution in [0.1, 0.15) is 19.8 Å². The first-order valence-electron chi connectivity index (χ1n) is 7.64. The van der Waals surface area contributed by atoms with Crippen molar-refractivity contribution in [3.05, 3.63) is 30.1 Å². The fraction of sp³-hybridized carbons (Fsp3) is 0.562. The number of ether oxygens (including phenoxy) is 1. The van der Waals surface area contributed by atoms with Crippen LogP contribution in [0.15, 0.2) is 29.3 Å². The molecule has 0 saturated carbocycles. The van der Waals surface area contributed by atoms with Crippen LogP contribution < -0.4 is 15.4 Å². The molecule has 1 aliphatic rings. The third-order valence-electron chi connectivity index (χ3n) is 3.43. The van der Waals surface area contributed by atoms with E-state index in [1.54, 1.807) is 19.2 Å². The Morgan fingerprint density at radius 1 is 1.45 bits per heavy atom. The molecule has 122 valence electrons. The van der Waals surface area contributed by atoms with Crippen molar-refractivity contribution in [1.29, 1.82) is 0 Å². The zero-order valence-corrected chi connectivity index (χ0v) is 14.0. The molecule has 4 nitrogen and oxygen atoms in total. The lowest BCUT2D eigenvalue weighted by atomic mass is 10.2. The highest BCUT2D eigenvalue weighted by molar-refractivity contribution is 7.99. The van der Waals surface area contributed by atoms with E-state index in [9.17, 15) is 4.39 Å². The van der Waals surface area contributed by atoms with E-state index in [-0.39, 0.29) is 11.9 Å². The van der Waals surface area contributed by atoms with Gasteiger partial charge in [0.2, 0.25) is 0 Å². The molecule has 22 heavy (non-hydrogen) atoms. The highest BCUT2D eigenvalue weighted by Crippen LogP contribution is 2.16. The number of benzene rings is 1. The summed E-state index contributed by atoms with van der Waals surface area (Å²) < 4.78 is 18.6. The van der Waals surface area contributed by atoms with Gasteiger partial charge < -0.3 is 15.4 Å². The lowest BCUT2D eigenvalue weighted by molar-refractivity contribution is 0.223. The van der Waals surface area contributed by atoms with Gasteiger partial charge in [-0.25, -0.2) is 4.39 Å². The SMILES string of the molecule is CN=C(NCC(C)Oc1ccc(F)cc1)NC1CCCSC1. The number of nitrogens with zero attached hydrogens (tertiary/aromatic N) is 1. The predicted molar refractivity (Wildman–Crippen MR) is 91.3 cm³/mol. The van der Waals surface area contributed by atoms with Gasteiger partial charge in [-0.15, -0.1) is 0 Å². The van der Waals surface area contributed by atoms with Gasteiger partial charge in [0.25, 0.3) is 0 Å². The van der Waals surface area contributed by atoms with Gasteiger partial charge in [-0.2, -0.15) is 11.8 Å². The summed E-state index contributed by atoms with van der Waals surface area (Å²) in [5.41, 5.74) is 0. The molecule has 2 unspecified atom stereocenters. The van der Waals surface area contributed by atoms with Crippen molar-refractivity contribution in [2.75, 3.05) is 25.1 Å². The molecule has 2 atom stereocenters. The summed E-state index contributed by atoms with van der Waals surface area (Å²) >= 11 is 1.98. The Kier molecular flexibility index (Phi) is 6.83. The molecule has 0 aliphatic carbocycles. The molecule has 6 heteroatoms. The zero-order chi connectivity index (χ0) is 15.8. The fourth-order valence-electron chi connectivity index (χ4n) is 2.27. The molecule has 0 radical (unpaired) electrons. The van der Waals surface area contributed by atoms with Gasteiger partial charge in [-0.05, 0) is 49.8 Å². The Morgan fingerprint density at radius 3 is 2.86 bits per heavy atom. The van der Waals surface area contributed by atoms with Gasteiger partial charge in [-0.1, -0.05) is 0 Å². The molecular formula is C16H24FN3OS. The quantitative estimate of drug-likeness (QED) is 0.645. The number of rotatable bonds is 5. The van der Waals surface area contributed by atoms with Gasteiger partial charge >= 0.3 is 0 Å². The lowest BCUT2D eigenvalue weighted by Crippen LogP contribution is -2.47. The van der Waals surface area contributed by atoms with E-state index in [2.05, 4.69) is 15.6 Å². The topological polar surface area (TPSA) is 45.7 Å². The lowest BCUT2D eigenvalue weighted by Gasteiger charge is -2.25. The van der Waals surface area contributed by atoms with Crippen LogP contribution in [0.3, 0.4) is 0 Å². The van der Waals surface area contributed by atoms with Gasteiger partial charge in [0, 0.05) is 18.8 Å². The van der Waals surface area contributed by atoms with Crippen LogP contribution in [0.2, 0.25) is 0 Å². The fourth-order valence-corrected chi connectivity index (χ4v) is 3.34. The van der Waals surface area contributed by atoms with E-state index in [4.69, 9.17) is 4.74 Å². The maximum atomic E-state index is 12.9. The van der Waals surface area contributed by atoms with Crippen molar-refractivity contribution in [3.63, 3.8) is 0 Å². The number of hydrogen-bond donors (Lipinski definition) is 2.